The SMILES string of the molecule is O=C(Cc1ccc(F)cc1)Nc1nc2c(nc1CC13CC4CC(CC(C4)C1)C3)-c1ccc(O)cc1CC2. The van der Waals surface area contributed by atoms with E-state index in [1.165, 1.54) is 50.7 Å². The van der Waals surface area contributed by atoms with Gasteiger partial charge in [-0.15, -0.1) is 0 Å². The van der Waals surface area contributed by atoms with Gasteiger partial charge in [-0.05, 0) is 122 Å². The number of anilines is 1. The Balaban J connectivity index is 1.24. The fourth-order valence-corrected chi connectivity index (χ4v) is 8.21. The molecule has 4 bridgehead atoms. The lowest BCUT2D eigenvalue weighted by atomic mass is 9.48. The zero-order valence-corrected chi connectivity index (χ0v) is 21.0. The van der Waals surface area contributed by atoms with E-state index >= 15 is 0 Å². The largest absolute Gasteiger partial charge is 0.508 e. The van der Waals surface area contributed by atoms with Gasteiger partial charge in [-0.25, -0.2) is 14.4 Å². The van der Waals surface area contributed by atoms with Crippen LogP contribution >= 0.6 is 0 Å². The average Bonchev–Trinajstić information content (AvgIpc) is 2.84. The second kappa shape index (κ2) is 8.64. The summed E-state index contributed by atoms with van der Waals surface area (Å²) in [6.45, 7) is 0. The number of nitrogens with zero attached hydrogens (tertiary/aromatic N) is 2. The summed E-state index contributed by atoms with van der Waals surface area (Å²) < 4.78 is 13.3. The van der Waals surface area contributed by atoms with Crippen LogP contribution in [0.2, 0.25) is 0 Å². The summed E-state index contributed by atoms with van der Waals surface area (Å²) in [7, 11) is 0. The number of benzene rings is 2. The fraction of sp³-hybridized carbons (Fsp3) is 0.452. The number of hydrogen-bond donors (Lipinski definition) is 2. The highest BCUT2D eigenvalue weighted by atomic mass is 19.1. The van der Waals surface area contributed by atoms with Crippen molar-refractivity contribution < 1.29 is 14.3 Å². The summed E-state index contributed by atoms with van der Waals surface area (Å²) >= 11 is 0. The van der Waals surface area contributed by atoms with Crippen LogP contribution in [-0.2, 0) is 30.5 Å². The number of phenolic OH excluding ortho intramolecular Hbond substituents is 1. The molecule has 8 rings (SSSR count). The standard InChI is InChI=1S/C31H32FN3O2/c32-23-4-1-18(2-5-23)12-28(37)35-30-27(17-31-14-19-9-20(15-31)11-21(10-19)16-31)33-29-25-7-6-24(36)13-22(25)3-8-26(29)34-30/h1-2,4-7,13,19-21,36H,3,8-12,14-17H2,(H,34,35,37). The highest BCUT2D eigenvalue weighted by molar-refractivity contribution is 5.92. The number of carbonyl (C=O) groups excluding carboxylic acids is 1. The molecule has 4 fully saturated rings. The van der Waals surface area contributed by atoms with Crippen molar-refractivity contribution in [2.24, 2.45) is 23.2 Å². The number of hydrogen-bond acceptors (Lipinski definition) is 4. The summed E-state index contributed by atoms with van der Waals surface area (Å²) in [6.07, 6.45) is 10.4. The molecule has 0 atom stereocenters. The predicted molar refractivity (Wildman–Crippen MR) is 140 cm³/mol. The number of rotatable bonds is 5. The Hall–Kier alpha value is -3.28. The molecule has 6 heteroatoms. The Morgan fingerprint density at radius 3 is 2.38 bits per heavy atom. The number of nitrogens with one attached hydrogen (secondary N) is 1. The third-order valence-corrected chi connectivity index (χ3v) is 9.26. The summed E-state index contributed by atoms with van der Waals surface area (Å²) in [6, 6.07) is 11.6. The third-order valence-electron chi connectivity index (χ3n) is 9.26. The van der Waals surface area contributed by atoms with Crippen LogP contribution in [0.4, 0.5) is 10.2 Å². The number of amides is 1. The van der Waals surface area contributed by atoms with Crippen molar-refractivity contribution in [1.29, 1.82) is 0 Å². The van der Waals surface area contributed by atoms with Gasteiger partial charge in [0.15, 0.2) is 5.82 Å². The van der Waals surface area contributed by atoms with Crippen molar-refractivity contribution in [2.45, 2.75) is 64.2 Å². The molecule has 0 spiro atoms. The van der Waals surface area contributed by atoms with Crippen molar-refractivity contribution in [2.75, 3.05) is 5.32 Å². The van der Waals surface area contributed by atoms with E-state index in [1.807, 2.05) is 12.1 Å². The minimum Gasteiger partial charge on any atom is -0.508 e. The molecular formula is C31H32FN3O2. The number of carbonyl (C=O) groups is 1. The number of phenols is 1. The number of fused-ring (bicyclic) bond motifs is 3. The maximum atomic E-state index is 13.3. The van der Waals surface area contributed by atoms with Crippen LogP contribution in [0.25, 0.3) is 11.3 Å². The van der Waals surface area contributed by atoms with Gasteiger partial charge in [0.05, 0.1) is 23.5 Å². The lowest BCUT2D eigenvalue weighted by molar-refractivity contribution is -0.115. The van der Waals surface area contributed by atoms with Crippen LogP contribution in [0.15, 0.2) is 42.5 Å². The van der Waals surface area contributed by atoms with Crippen molar-refractivity contribution in [1.82, 2.24) is 9.97 Å². The van der Waals surface area contributed by atoms with E-state index in [9.17, 15) is 14.3 Å². The topological polar surface area (TPSA) is 75.1 Å². The van der Waals surface area contributed by atoms with Crippen LogP contribution in [0, 0.1) is 29.0 Å². The molecule has 5 aliphatic rings. The number of aryl methyl sites for hydroxylation is 2. The molecular weight excluding hydrogens is 465 g/mol. The first-order valence-electron chi connectivity index (χ1n) is 13.7. The van der Waals surface area contributed by atoms with Gasteiger partial charge in [0.25, 0.3) is 0 Å². The Morgan fingerprint density at radius 1 is 0.973 bits per heavy atom. The van der Waals surface area contributed by atoms with Crippen LogP contribution in [0.1, 0.15) is 61.0 Å². The first-order valence-corrected chi connectivity index (χ1v) is 13.7. The normalized spacial score (nSPS) is 27.0. The van der Waals surface area contributed by atoms with Crippen LogP contribution in [-0.4, -0.2) is 21.0 Å². The van der Waals surface area contributed by atoms with Gasteiger partial charge in [0.1, 0.15) is 11.6 Å². The molecule has 3 aromatic rings. The minimum atomic E-state index is -0.309. The molecule has 0 saturated heterocycles. The molecule has 4 saturated carbocycles. The van der Waals surface area contributed by atoms with Gasteiger partial charge >= 0.3 is 0 Å². The molecule has 5 nitrogen and oxygen atoms in total. The van der Waals surface area contributed by atoms with Gasteiger partial charge in [-0.1, -0.05) is 12.1 Å². The molecule has 37 heavy (non-hydrogen) atoms. The van der Waals surface area contributed by atoms with E-state index in [0.29, 0.717) is 5.82 Å². The molecule has 190 valence electrons. The molecule has 0 aliphatic heterocycles. The van der Waals surface area contributed by atoms with E-state index in [1.54, 1.807) is 18.2 Å². The van der Waals surface area contributed by atoms with Crippen LogP contribution in [0.3, 0.4) is 0 Å². The molecule has 2 N–H and O–H groups in total. The lowest BCUT2D eigenvalue weighted by Crippen LogP contribution is -2.47. The smallest absolute Gasteiger partial charge is 0.229 e. The van der Waals surface area contributed by atoms with Crippen molar-refractivity contribution in [3.05, 3.63) is 70.8 Å². The predicted octanol–water partition coefficient (Wildman–Crippen LogP) is 6.03. The van der Waals surface area contributed by atoms with Gasteiger partial charge in [-0.2, -0.15) is 0 Å². The second-order valence-corrected chi connectivity index (χ2v) is 12.1. The third kappa shape index (κ3) is 4.30. The molecule has 1 heterocycles. The molecule has 1 aromatic heterocycles. The first kappa shape index (κ1) is 22.9. The first-order chi connectivity index (χ1) is 17.9. The summed E-state index contributed by atoms with van der Waals surface area (Å²) in [4.78, 5) is 23.3. The van der Waals surface area contributed by atoms with Crippen molar-refractivity contribution in [3.63, 3.8) is 0 Å². The Morgan fingerprint density at radius 2 is 1.68 bits per heavy atom. The molecule has 0 unspecified atom stereocenters. The maximum absolute atomic E-state index is 13.3. The van der Waals surface area contributed by atoms with E-state index < -0.39 is 0 Å². The Kier molecular flexibility index (Phi) is 5.34. The summed E-state index contributed by atoms with van der Waals surface area (Å²) in [5.74, 6) is 2.88. The lowest BCUT2D eigenvalue weighted by Gasteiger charge is -2.57. The average molecular weight is 498 g/mol. The van der Waals surface area contributed by atoms with E-state index in [2.05, 4.69) is 5.32 Å². The van der Waals surface area contributed by atoms with Gasteiger partial charge in [0.2, 0.25) is 5.91 Å². The molecule has 5 aliphatic carbocycles. The summed E-state index contributed by atoms with van der Waals surface area (Å²) in [5.41, 5.74) is 5.80. The van der Waals surface area contributed by atoms with E-state index in [-0.39, 0.29) is 29.3 Å². The summed E-state index contributed by atoms with van der Waals surface area (Å²) in [5, 5.41) is 13.1. The van der Waals surface area contributed by atoms with Gasteiger partial charge in [0, 0.05) is 5.56 Å². The van der Waals surface area contributed by atoms with E-state index in [4.69, 9.17) is 9.97 Å². The second-order valence-electron chi connectivity index (χ2n) is 12.1. The quantitative estimate of drug-likeness (QED) is 0.452. The molecule has 0 radical (unpaired) electrons. The highest BCUT2D eigenvalue weighted by Crippen LogP contribution is 2.61. The van der Waals surface area contributed by atoms with Gasteiger partial charge in [-0.3, -0.25) is 4.79 Å². The van der Waals surface area contributed by atoms with Crippen molar-refractivity contribution in [3.8, 4) is 17.0 Å². The Bertz CT molecular complexity index is 1350. The zero-order valence-electron chi connectivity index (χ0n) is 21.0. The molecule has 1 amide bonds. The highest BCUT2D eigenvalue weighted by Gasteiger charge is 2.51. The minimum absolute atomic E-state index is 0.159. The Labute approximate surface area is 216 Å². The number of aromatic nitrogens is 2. The number of halogens is 1. The van der Waals surface area contributed by atoms with Crippen LogP contribution in [0.5, 0.6) is 5.75 Å². The van der Waals surface area contributed by atoms with Crippen LogP contribution < -0.4 is 5.32 Å². The number of aromatic hydroxyl groups is 1. The van der Waals surface area contributed by atoms with E-state index in [0.717, 1.165) is 70.8 Å². The van der Waals surface area contributed by atoms with Crippen molar-refractivity contribution >= 4 is 11.7 Å². The zero-order chi connectivity index (χ0) is 25.1. The van der Waals surface area contributed by atoms with Gasteiger partial charge < -0.3 is 10.4 Å². The monoisotopic (exact) mass is 497 g/mol. The molecule has 2 aromatic carbocycles. The maximum Gasteiger partial charge on any atom is 0.229 e. The fourth-order valence-electron chi connectivity index (χ4n) is 8.21.